The van der Waals surface area contributed by atoms with Crippen LogP contribution in [0.1, 0.15) is 47.7 Å². The Kier molecular flexibility index (Phi) is 11.5. The second kappa shape index (κ2) is 15.6. The van der Waals surface area contributed by atoms with Crippen LogP contribution in [0.15, 0.2) is 119 Å². The quantitative estimate of drug-likeness (QED) is 0.0688. The van der Waals surface area contributed by atoms with E-state index in [0.717, 1.165) is 36.0 Å². The van der Waals surface area contributed by atoms with Crippen molar-refractivity contribution in [2.45, 2.75) is 44.1 Å². The van der Waals surface area contributed by atoms with E-state index in [0.29, 0.717) is 18.7 Å². The van der Waals surface area contributed by atoms with E-state index in [1.54, 1.807) is 18.6 Å². The van der Waals surface area contributed by atoms with Crippen LogP contribution in [0.5, 0.6) is 0 Å². The van der Waals surface area contributed by atoms with E-state index in [1.165, 1.54) is 10.8 Å². The smallest absolute Gasteiger partial charge is 0.350 e. The van der Waals surface area contributed by atoms with Crippen molar-refractivity contribution in [1.82, 2.24) is 19.1 Å². The molecule has 0 amide bonds. The molecule has 3 unspecified atom stereocenters. The van der Waals surface area contributed by atoms with Crippen molar-refractivity contribution in [3.05, 3.63) is 153 Å². The van der Waals surface area contributed by atoms with Crippen LogP contribution >= 0.6 is 18.1 Å². The lowest BCUT2D eigenvalue weighted by Crippen LogP contribution is -2.58. The molecule has 0 saturated carbocycles. The molecule has 11 heteroatoms. The fourth-order valence-corrected chi connectivity index (χ4v) is 7.57. The van der Waals surface area contributed by atoms with Gasteiger partial charge in [0, 0.05) is 31.4 Å². The van der Waals surface area contributed by atoms with Crippen molar-refractivity contribution < 1.29 is 13.8 Å². The number of aromatic amines is 1. The van der Waals surface area contributed by atoms with Gasteiger partial charge in [-0.2, -0.15) is 0 Å². The number of H-pyrrole nitrogens is 1. The summed E-state index contributed by atoms with van der Waals surface area (Å²) in [6.45, 7) is 2.76. The zero-order chi connectivity index (χ0) is 33.4. The lowest BCUT2D eigenvalue weighted by molar-refractivity contribution is -0.148. The van der Waals surface area contributed by atoms with Crippen LogP contribution in [0, 0.1) is 6.92 Å². The van der Waals surface area contributed by atoms with Crippen LogP contribution in [0.2, 0.25) is 0 Å². The molecule has 0 bridgehead atoms. The van der Waals surface area contributed by atoms with E-state index in [2.05, 4.69) is 52.9 Å². The molecule has 1 aliphatic heterocycles. The van der Waals surface area contributed by atoms with Crippen molar-refractivity contribution in [2.24, 2.45) is 0 Å². The molecule has 3 aromatic carbocycles. The first-order valence-electron chi connectivity index (χ1n) is 15.8. The Bertz CT molecular complexity index is 1690. The number of nitrogens with zero attached hydrogens (tertiary/aromatic N) is 3. The van der Waals surface area contributed by atoms with Gasteiger partial charge in [0.2, 0.25) is 0 Å². The minimum Gasteiger partial charge on any atom is -0.350 e. The highest BCUT2D eigenvalue weighted by molar-refractivity contribution is 7.83. The van der Waals surface area contributed by atoms with Gasteiger partial charge in [0.05, 0.1) is 18.2 Å². The highest BCUT2D eigenvalue weighted by atomic mass is 35.7. The molecule has 248 valence electrons. The van der Waals surface area contributed by atoms with Gasteiger partial charge in [-0.3, -0.25) is 23.8 Å². The first kappa shape index (κ1) is 34.8. The molecule has 1 N–H and O–H groups in total. The molecule has 47 heavy (non-hydrogen) atoms. The molecule has 9 nitrogen and oxygen atoms in total. The van der Waals surface area contributed by atoms with Gasteiger partial charge in [-0.1, -0.05) is 97.1 Å². The van der Waals surface area contributed by atoms with Crippen LogP contribution in [0.25, 0.3) is 0 Å². The summed E-state index contributed by atoms with van der Waals surface area (Å²) >= 11 is 6.52. The number of hydrogen-bond donors (Lipinski definition) is 1. The Hall–Kier alpha value is -3.56. The highest BCUT2D eigenvalue weighted by Gasteiger charge is 2.47. The van der Waals surface area contributed by atoms with Gasteiger partial charge < -0.3 is 9.26 Å². The van der Waals surface area contributed by atoms with E-state index in [9.17, 15) is 14.2 Å². The van der Waals surface area contributed by atoms with Gasteiger partial charge in [0.1, 0.15) is 0 Å². The summed E-state index contributed by atoms with van der Waals surface area (Å²) in [7, 11) is 1.69. The molecular formula is C36H42ClN4O5P. The Morgan fingerprint density at radius 2 is 1.53 bits per heavy atom. The van der Waals surface area contributed by atoms with Crippen LogP contribution in [0.4, 0.5) is 0 Å². The van der Waals surface area contributed by atoms with Gasteiger partial charge >= 0.3 is 12.6 Å². The van der Waals surface area contributed by atoms with E-state index in [4.69, 9.17) is 20.5 Å². The second-order valence-electron chi connectivity index (χ2n) is 11.8. The average molecular weight is 677 g/mol. The largest absolute Gasteiger partial charge is 0.362 e. The first-order valence-corrected chi connectivity index (χ1v) is 18.3. The standard InChI is InChI=1S/C36H42ClN4O5P/c1-4-5-6-16-23-39(3)47(37,44)45-27-32-25-40(26-33(46-32)41-24-28(2)34(42)38-35(41)43)36(29-17-10-7-11-18-29,30-19-12-8-13-20-30)31-21-14-9-15-22-31/h4,7-15,17-22,24,32-33H,1,5-6,16,23,25-27H2,2-3H3,(H,38,42,43). The number of aryl methyl sites for hydroxylation is 1. The molecule has 1 fully saturated rings. The minimum absolute atomic E-state index is 0.0870. The first-order chi connectivity index (χ1) is 22.7. The zero-order valence-electron chi connectivity index (χ0n) is 26.8. The Morgan fingerprint density at radius 3 is 2.06 bits per heavy atom. The van der Waals surface area contributed by atoms with Crippen LogP contribution in [-0.2, 0) is 19.4 Å². The second-order valence-corrected chi connectivity index (χ2v) is 14.9. The average Bonchev–Trinajstić information content (AvgIpc) is 3.09. The predicted octanol–water partition coefficient (Wildman–Crippen LogP) is 6.69. The third kappa shape index (κ3) is 7.78. The predicted molar refractivity (Wildman–Crippen MR) is 187 cm³/mol. The van der Waals surface area contributed by atoms with Gasteiger partial charge in [0.15, 0.2) is 6.23 Å². The van der Waals surface area contributed by atoms with E-state index in [-0.39, 0.29) is 13.2 Å². The third-order valence-corrected chi connectivity index (χ3v) is 11.2. The maximum Gasteiger partial charge on any atom is 0.362 e. The fourth-order valence-electron chi connectivity index (χ4n) is 6.24. The lowest BCUT2D eigenvalue weighted by Gasteiger charge is -2.50. The van der Waals surface area contributed by atoms with E-state index in [1.807, 2.05) is 60.7 Å². The highest BCUT2D eigenvalue weighted by Crippen LogP contribution is 2.55. The fraction of sp³-hybridized carbons (Fsp3) is 0.333. The molecule has 4 aromatic rings. The van der Waals surface area contributed by atoms with Crippen LogP contribution in [0.3, 0.4) is 0 Å². The normalized spacial score (nSPS) is 18.6. The zero-order valence-corrected chi connectivity index (χ0v) is 28.5. The minimum atomic E-state index is -3.68. The molecular weight excluding hydrogens is 635 g/mol. The maximum atomic E-state index is 13.5. The summed E-state index contributed by atoms with van der Waals surface area (Å²) in [5.74, 6) is 0. The van der Waals surface area contributed by atoms with Crippen LogP contribution < -0.4 is 11.2 Å². The summed E-state index contributed by atoms with van der Waals surface area (Å²) in [5, 5.41) is 0. The number of benzene rings is 3. The number of ether oxygens (including phenoxy) is 1. The summed E-state index contributed by atoms with van der Waals surface area (Å²) in [5.41, 5.74) is 1.57. The Balaban J connectivity index is 1.59. The summed E-state index contributed by atoms with van der Waals surface area (Å²) < 4.78 is 29.0. The number of aromatic nitrogens is 2. The topological polar surface area (TPSA) is 96.9 Å². The number of halogens is 1. The van der Waals surface area contributed by atoms with Crippen molar-refractivity contribution >= 4 is 18.1 Å². The summed E-state index contributed by atoms with van der Waals surface area (Å²) in [4.78, 5) is 30.2. The number of rotatable bonds is 14. The monoisotopic (exact) mass is 676 g/mol. The summed E-state index contributed by atoms with van der Waals surface area (Å²) in [6.07, 6.45) is 4.47. The number of unbranched alkanes of at least 4 members (excludes halogenated alkanes) is 2. The SMILES string of the molecule is C=CCCCCN(C)P(=O)(Cl)OCC1CN(C(c2ccccc2)(c2ccccc2)c2ccccc2)CC(n2cc(C)c(=O)[nH]c2=O)O1. The number of nitrogens with one attached hydrogen (secondary N) is 1. The number of hydrogen-bond acceptors (Lipinski definition) is 6. The maximum absolute atomic E-state index is 13.5. The van der Waals surface area contributed by atoms with Gasteiger partial charge in [0.25, 0.3) is 5.56 Å². The molecule has 0 radical (unpaired) electrons. The Labute approximate surface area is 280 Å². The van der Waals surface area contributed by atoms with E-state index < -0.39 is 36.0 Å². The third-order valence-electron chi connectivity index (χ3n) is 8.62. The number of morpholine rings is 1. The molecule has 1 saturated heterocycles. The molecule has 3 atom stereocenters. The van der Waals surface area contributed by atoms with Gasteiger partial charge in [-0.25, -0.2) is 9.46 Å². The number of allylic oxidation sites excluding steroid dienone is 1. The van der Waals surface area contributed by atoms with Crippen molar-refractivity contribution in [3.63, 3.8) is 0 Å². The van der Waals surface area contributed by atoms with Crippen molar-refractivity contribution in [1.29, 1.82) is 0 Å². The van der Waals surface area contributed by atoms with Gasteiger partial charge in [-0.15, -0.1) is 6.58 Å². The molecule has 5 rings (SSSR count). The molecule has 1 aliphatic rings. The van der Waals surface area contributed by atoms with E-state index >= 15 is 0 Å². The van der Waals surface area contributed by atoms with Crippen molar-refractivity contribution in [3.8, 4) is 0 Å². The molecule has 0 aliphatic carbocycles. The van der Waals surface area contributed by atoms with Crippen LogP contribution in [-0.4, -0.2) is 58.5 Å². The van der Waals surface area contributed by atoms with Gasteiger partial charge in [-0.05, 0) is 61.2 Å². The molecule has 2 heterocycles. The molecule has 0 spiro atoms. The molecule has 1 aromatic heterocycles. The Morgan fingerprint density at radius 1 is 0.979 bits per heavy atom. The summed E-state index contributed by atoms with van der Waals surface area (Å²) in [6, 6.07) is 30.6. The lowest BCUT2D eigenvalue weighted by atomic mass is 9.75. The van der Waals surface area contributed by atoms with Crippen molar-refractivity contribution in [2.75, 3.05) is 33.3 Å².